The van der Waals surface area contributed by atoms with Gasteiger partial charge in [-0.05, 0) is 12.1 Å². The highest BCUT2D eigenvalue weighted by atomic mass is 19.4. The minimum absolute atomic E-state index is 0.00780. The molecule has 0 spiro atoms. The van der Waals surface area contributed by atoms with Gasteiger partial charge in [-0.2, -0.15) is 31.2 Å². The molecule has 0 bridgehead atoms. The molecule has 2 aromatic rings. The van der Waals surface area contributed by atoms with E-state index in [9.17, 15) is 35.9 Å². The number of carbonyl (C=O) groups excluding carboxylic acids is 2. The Bertz CT molecular complexity index is 841. The van der Waals surface area contributed by atoms with Gasteiger partial charge in [-0.1, -0.05) is 5.16 Å². The van der Waals surface area contributed by atoms with Crippen molar-refractivity contribution in [2.75, 3.05) is 19.1 Å². The van der Waals surface area contributed by atoms with E-state index in [-0.39, 0.29) is 17.0 Å². The molecule has 26 heavy (non-hydrogen) atoms. The largest absolute Gasteiger partial charge is 0.452 e. The first-order valence-corrected chi connectivity index (χ1v) is 6.45. The van der Waals surface area contributed by atoms with Crippen LogP contribution in [-0.4, -0.2) is 31.6 Å². The quantitative estimate of drug-likeness (QED) is 0.683. The number of imide groups is 1. The number of anilines is 1. The van der Waals surface area contributed by atoms with Crippen molar-refractivity contribution in [2.24, 2.45) is 0 Å². The van der Waals surface area contributed by atoms with Gasteiger partial charge in [0, 0.05) is 0 Å². The molecule has 0 fully saturated rings. The van der Waals surface area contributed by atoms with E-state index < -0.39 is 52.5 Å². The van der Waals surface area contributed by atoms with E-state index in [1.807, 2.05) is 0 Å². The molecule has 0 N–H and O–H groups in total. The van der Waals surface area contributed by atoms with Crippen LogP contribution in [0.5, 0.6) is 0 Å². The van der Waals surface area contributed by atoms with Gasteiger partial charge >= 0.3 is 24.5 Å². The highest BCUT2D eigenvalue weighted by Gasteiger charge is 2.41. The number of alkyl halides is 6. The van der Waals surface area contributed by atoms with E-state index in [4.69, 9.17) is 0 Å². The topological polar surface area (TPSA) is 81.9 Å². The van der Waals surface area contributed by atoms with Crippen molar-refractivity contribution >= 4 is 29.0 Å². The van der Waals surface area contributed by atoms with Gasteiger partial charge < -0.3 is 14.0 Å². The van der Waals surface area contributed by atoms with Crippen molar-refractivity contribution in [2.45, 2.75) is 12.4 Å². The van der Waals surface area contributed by atoms with Crippen molar-refractivity contribution in [3.8, 4) is 0 Å². The van der Waals surface area contributed by atoms with Crippen LogP contribution < -0.4 is 4.90 Å². The van der Waals surface area contributed by atoms with Gasteiger partial charge in [-0.3, -0.25) is 0 Å². The lowest BCUT2D eigenvalue weighted by molar-refractivity contribution is -0.142. The monoisotopic (exact) mass is 386 g/mol. The Morgan fingerprint density at radius 1 is 1.00 bits per heavy atom. The fraction of sp³-hybridized carbons (Fsp3) is 0.308. The lowest BCUT2D eigenvalue weighted by Crippen LogP contribution is -2.37. The number of hydrogen-bond donors (Lipinski definition) is 0. The van der Waals surface area contributed by atoms with E-state index in [1.165, 1.54) is 0 Å². The number of methoxy groups -OCH3 is 2. The number of ether oxygens (including phenoxy) is 2. The number of fused-ring (bicyclic) bond motifs is 1. The summed E-state index contributed by atoms with van der Waals surface area (Å²) in [6.45, 7) is 0. The third kappa shape index (κ3) is 3.36. The van der Waals surface area contributed by atoms with E-state index in [0.29, 0.717) is 0 Å². The molecule has 0 aliphatic carbocycles. The first kappa shape index (κ1) is 19.3. The van der Waals surface area contributed by atoms with Gasteiger partial charge in [0.2, 0.25) is 0 Å². The van der Waals surface area contributed by atoms with Gasteiger partial charge in [-0.15, -0.1) is 0 Å². The molecule has 0 aliphatic heterocycles. The van der Waals surface area contributed by atoms with Gasteiger partial charge in [0.1, 0.15) is 5.56 Å². The Kier molecular flexibility index (Phi) is 4.75. The zero-order valence-electron chi connectivity index (χ0n) is 12.9. The zero-order chi connectivity index (χ0) is 19.9. The van der Waals surface area contributed by atoms with Crippen LogP contribution in [0.2, 0.25) is 0 Å². The summed E-state index contributed by atoms with van der Waals surface area (Å²) < 4.78 is 91.1. The molecule has 0 unspecified atom stereocenters. The number of rotatable bonds is 1. The normalized spacial score (nSPS) is 12.2. The molecule has 1 aromatic heterocycles. The first-order valence-electron chi connectivity index (χ1n) is 6.45. The second-order valence-electron chi connectivity index (χ2n) is 4.68. The SMILES string of the molecule is COC(=O)N(C(=O)OC)c1noc2c(C(F)(F)F)cc(C(F)(F)F)cc12. The number of benzene rings is 1. The molecule has 0 aliphatic rings. The summed E-state index contributed by atoms with van der Waals surface area (Å²) in [4.78, 5) is 23.4. The molecule has 2 rings (SSSR count). The molecule has 7 nitrogen and oxygen atoms in total. The minimum Gasteiger partial charge on any atom is -0.452 e. The third-order valence-corrected chi connectivity index (χ3v) is 3.11. The Balaban J connectivity index is 2.85. The summed E-state index contributed by atoms with van der Waals surface area (Å²) in [6, 6.07) is 0.0905. The molecular formula is C13H8F6N2O5. The molecule has 13 heteroatoms. The van der Waals surface area contributed by atoms with Crippen LogP contribution in [0, 0.1) is 0 Å². The lowest BCUT2D eigenvalue weighted by Gasteiger charge is -2.16. The smallest absolute Gasteiger partial charge is 0.425 e. The lowest BCUT2D eigenvalue weighted by atomic mass is 10.1. The molecule has 1 aromatic carbocycles. The Hall–Kier alpha value is -2.99. The fourth-order valence-electron chi connectivity index (χ4n) is 2.00. The Morgan fingerprint density at radius 3 is 1.96 bits per heavy atom. The van der Waals surface area contributed by atoms with E-state index in [2.05, 4.69) is 19.2 Å². The predicted octanol–water partition coefficient (Wildman–Crippen LogP) is 4.20. The standard InChI is InChI=1S/C13H8F6N2O5/c1-24-10(22)21(11(23)25-2)9-6-3-5(12(14,15)16)4-7(13(17,18)19)8(6)26-20-9/h3-4H,1-2H3. The van der Waals surface area contributed by atoms with Crippen LogP contribution in [0.4, 0.5) is 41.7 Å². The number of halogens is 6. The third-order valence-electron chi connectivity index (χ3n) is 3.11. The van der Waals surface area contributed by atoms with Crippen LogP contribution >= 0.6 is 0 Å². The number of nitrogens with zero attached hydrogens (tertiary/aromatic N) is 2. The van der Waals surface area contributed by atoms with E-state index >= 15 is 0 Å². The van der Waals surface area contributed by atoms with Crippen LogP contribution in [0.25, 0.3) is 11.0 Å². The van der Waals surface area contributed by atoms with Crippen molar-refractivity contribution < 1.29 is 49.9 Å². The number of hydrogen-bond acceptors (Lipinski definition) is 6. The van der Waals surface area contributed by atoms with E-state index in [0.717, 1.165) is 14.2 Å². The second-order valence-corrected chi connectivity index (χ2v) is 4.68. The van der Waals surface area contributed by atoms with E-state index in [1.54, 1.807) is 0 Å². The molecule has 0 atom stereocenters. The number of amides is 2. The van der Waals surface area contributed by atoms with Gasteiger partial charge in [0.15, 0.2) is 11.4 Å². The maximum atomic E-state index is 13.1. The summed E-state index contributed by atoms with van der Waals surface area (Å²) in [7, 11) is 1.64. The Labute approximate surface area is 140 Å². The molecule has 0 saturated carbocycles. The van der Waals surface area contributed by atoms with Gasteiger partial charge in [-0.25, -0.2) is 9.59 Å². The van der Waals surface area contributed by atoms with Crippen molar-refractivity contribution in [1.29, 1.82) is 0 Å². The van der Waals surface area contributed by atoms with Crippen molar-refractivity contribution in [1.82, 2.24) is 5.16 Å². The Morgan fingerprint density at radius 2 is 1.54 bits per heavy atom. The second kappa shape index (κ2) is 6.38. The average Bonchev–Trinajstić information content (AvgIpc) is 2.95. The van der Waals surface area contributed by atoms with Crippen LogP contribution in [-0.2, 0) is 21.8 Å². The van der Waals surface area contributed by atoms with Crippen LogP contribution in [0.1, 0.15) is 11.1 Å². The highest BCUT2D eigenvalue weighted by Crippen LogP contribution is 2.42. The first-order chi connectivity index (χ1) is 11.9. The highest BCUT2D eigenvalue weighted by molar-refractivity contribution is 6.13. The number of carbonyl (C=O) groups is 2. The maximum absolute atomic E-state index is 13.1. The minimum atomic E-state index is -5.22. The van der Waals surface area contributed by atoms with Crippen LogP contribution in [0.15, 0.2) is 16.7 Å². The van der Waals surface area contributed by atoms with Crippen molar-refractivity contribution in [3.05, 3.63) is 23.3 Å². The molecule has 1 heterocycles. The summed E-state index contributed by atoms with van der Waals surface area (Å²) >= 11 is 0. The van der Waals surface area contributed by atoms with Crippen molar-refractivity contribution in [3.63, 3.8) is 0 Å². The zero-order valence-corrected chi connectivity index (χ0v) is 12.9. The average molecular weight is 386 g/mol. The molecule has 0 saturated heterocycles. The van der Waals surface area contributed by atoms with Gasteiger partial charge in [0.05, 0.1) is 25.2 Å². The van der Waals surface area contributed by atoms with Crippen LogP contribution in [0.3, 0.4) is 0 Å². The summed E-state index contributed by atoms with van der Waals surface area (Å²) in [6.07, 6.45) is -13.3. The summed E-state index contributed by atoms with van der Waals surface area (Å²) in [5.41, 5.74) is -4.56. The maximum Gasteiger partial charge on any atom is 0.425 e. The molecule has 2 amide bonds. The molecule has 0 radical (unpaired) electrons. The van der Waals surface area contributed by atoms with Gasteiger partial charge in [0.25, 0.3) is 0 Å². The molecular weight excluding hydrogens is 378 g/mol. The molecule has 142 valence electrons. The number of aromatic nitrogens is 1. The predicted molar refractivity (Wildman–Crippen MR) is 71.3 cm³/mol. The fourth-order valence-corrected chi connectivity index (χ4v) is 2.00. The summed E-state index contributed by atoms with van der Waals surface area (Å²) in [5, 5.41) is 2.23. The summed E-state index contributed by atoms with van der Waals surface area (Å²) in [5.74, 6) is -0.949.